The molecule has 0 spiro atoms. The SMILES string of the molecule is COC(=O)c1ccc2c(c1)N(c1cc(C)cc(C)c1)C(=O)/C2=N/Nc1cccc(-c2cccc(C(=O)O)c2)c1O. The highest BCUT2D eigenvalue weighted by atomic mass is 16.5. The van der Waals surface area contributed by atoms with E-state index >= 15 is 0 Å². The predicted octanol–water partition coefficient (Wildman–Crippen LogP) is 5.66. The first-order valence-corrected chi connectivity index (χ1v) is 12.3. The summed E-state index contributed by atoms with van der Waals surface area (Å²) in [5.74, 6) is -2.19. The lowest BCUT2D eigenvalue weighted by atomic mass is 10.0. The molecule has 40 heavy (non-hydrogen) atoms. The van der Waals surface area contributed by atoms with Crippen molar-refractivity contribution in [3.63, 3.8) is 0 Å². The summed E-state index contributed by atoms with van der Waals surface area (Å²) in [4.78, 5) is 38.9. The molecule has 0 saturated heterocycles. The number of esters is 1. The lowest BCUT2D eigenvalue weighted by Gasteiger charge is -2.19. The van der Waals surface area contributed by atoms with E-state index in [4.69, 9.17) is 4.74 Å². The Bertz CT molecular complexity index is 1710. The van der Waals surface area contributed by atoms with E-state index < -0.39 is 17.8 Å². The Labute approximate surface area is 230 Å². The molecule has 1 heterocycles. The molecular weight excluding hydrogens is 510 g/mol. The minimum absolute atomic E-state index is 0.0847. The maximum Gasteiger partial charge on any atom is 0.337 e. The molecule has 4 aromatic carbocycles. The molecule has 0 aromatic heterocycles. The highest BCUT2D eigenvalue weighted by molar-refractivity contribution is 6.55. The number of aromatic hydroxyl groups is 1. The highest BCUT2D eigenvalue weighted by Gasteiger charge is 2.36. The zero-order valence-corrected chi connectivity index (χ0v) is 21.9. The zero-order chi connectivity index (χ0) is 28.6. The van der Waals surface area contributed by atoms with Crippen LogP contribution in [0.4, 0.5) is 17.1 Å². The van der Waals surface area contributed by atoms with Gasteiger partial charge in [-0.1, -0.05) is 30.3 Å². The van der Waals surface area contributed by atoms with Gasteiger partial charge < -0.3 is 14.9 Å². The van der Waals surface area contributed by atoms with Crippen molar-refractivity contribution in [3.05, 3.63) is 107 Å². The van der Waals surface area contributed by atoms with E-state index in [0.29, 0.717) is 28.1 Å². The summed E-state index contributed by atoms with van der Waals surface area (Å²) >= 11 is 0. The zero-order valence-electron chi connectivity index (χ0n) is 21.9. The average molecular weight is 536 g/mol. The van der Waals surface area contributed by atoms with Crippen molar-refractivity contribution >= 4 is 40.6 Å². The fourth-order valence-electron chi connectivity index (χ4n) is 4.74. The second kappa shape index (κ2) is 10.4. The maximum absolute atomic E-state index is 13.8. The number of carbonyl (C=O) groups is 3. The number of anilines is 3. The van der Waals surface area contributed by atoms with Crippen molar-refractivity contribution in [2.24, 2.45) is 5.10 Å². The van der Waals surface area contributed by atoms with Crippen molar-refractivity contribution in [3.8, 4) is 16.9 Å². The Balaban J connectivity index is 1.56. The van der Waals surface area contributed by atoms with E-state index in [9.17, 15) is 24.6 Å². The fraction of sp³-hybridized carbons (Fsp3) is 0.0968. The number of hydrogen-bond acceptors (Lipinski definition) is 7. The lowest BCUT2D eigenvalue weighted by Crippen LogP contribution is -2.26. The molecule has 0 aliphatic carbocycles. The predicted molar refractivity (Wildman–Crippen MR) is 152 cm³/mol. The van der Waals surface area contributed by atoms with E-state index in [1.54, 1.807) is 48.5 Å². The number of phenols is 1. The number of hydrazone groups is 1. The first kappa shape index (κ1) is 26.2. The quantitative estimate of drug-likeness (QED) is 0.165. The largest absolute Gasteiger partial charge is 0.505 e. The lowest BCUT2D eigenvalue weighted by molar-refractivity contribution is -0.111. The number of carboxylic acids is 1. The number of nitrogens with zero attached hydrogens (tertiary/aromatic N) is 2. The van der Waals surface area contributed by atoms with Crippen molar-refractivity contribution in [1.82, 2.24) is 0 Å². The van der Waals surface area contributed by atoms with Gasteiger partial charge in [0.2, 0.25) is 0 Å². The van der Waals surface area contributed by atoms with Gasteiger partial charge in [0.05, 0.1) is 29.6 Å². The minimum atomic E-state index is -1.08. The van der Waals surface area contributed by atoms with Gasteiger partial charge in [0.1, 0.15) is 5.75 Å². The third-order valence-corrected chi connectivity index (χ3v) is 6.53. The molecule has 0 fully saturated rings. The summed E-state index contributed by atoms with van der Waals surface area (Å²) in [6.07, 6.45) is 0. The van der Waals surface area contributed by atoms with E-state index in [2.05, 4.69) is 10.5 Å². The van der Waals surface area contributed by atoms with Crippen LogP contribution in [0.3, 0.4) is 0 Å². The van der Waals surface area contributed by atoms with Gasteiger partial charge in [-0.3, -0.25) is 15.1 Å². The summed E-state index contributed by atoms with van der Waals surface area (Å²) in [6.45, 7) is 3.86. The van der Waals surface area contributed by atoms with Crippen LogP contribution in [0.25, 0.3) is 11.1 Å². The van der Waals surface area contributed by atoms with Crippen LogP contribution in [-0.2, 0) is 9.53 Å². The Morgan fingerprint density at radius 3 is 2.30 bits per heavy atom. The van der Waals surface area contributed by atoms with Gasteiger partial charge >= 0.3 is 11.9 Å². The van der Waals surface area contributed by atoms with Crippen LogP contribution in [0.1, 0.15) is 37.4 Å². The number of amides is 1. The number of aromatic carboxylic acids is 1. The Morgan fingerprint density at radius 2 is 1.60 bits per heavy atom. The molecule has 1 aliphatic rings. The standard InChI is InChI=1S/C31H25N3O6/c1-17-12-18(2)14-22(13-17)34-26-16-21(31(39)40-3)10-11-24(26)27(29(34)36)33-32-25-9-5-8-23(28(25)35)19-6-4-7-20(15-19)30(37)38/h4-16,32,35H,1-3H3,(H,37,38)/b33-27+. The van der Waals surface area contributed by atoms with Gasteiger partial charge in [-0.05, 0) is 79.1 Å². The Morgan fingerprint density at radius 1 is 0.875 bits per heavy atom. The van der Waals surface area contributed by atoms with Crippen LogP contribution in [0, 0.1) is 13.8 Å². The summed E-state index contributed by atoms with van der Waals surface area (Å²) in [7, 11) is 1.29. The average Bonchev–Trinajstić information content (AvgIpc) is 3.21. The van der Waals surface area contributed by atoms with Gasteiger partial charge in [0, 0.05) is 16.8 Å². The van der Waals surface area contributed by atoms with Crippen LogP contribution in [0.5, 0.6) is 5.75 Å². The first-order valence-electron chi connectivity index (χ1n) is 12.3. The number of nitrogens with one attached hydrogen (secondary N) is 1. The Hall–Kier alpha value is -5.44. The number of methoxy groups -OCH3 is 1. The van der Waals surface area contributed by atoms with Crippen LogP contribution >= 0.6 is 0 Å². The summed E-state index contributed by atoms with van der Waals surface area (Å²) in [5, 5.41) is 24.7. The van der Waals surface area contributed by atoms with Crippen LogP contribution < -0.4 is 10.3 Å². The van der Waals surface area contributed by atoms with Gasteiger partial charge in [-0.15, -0.1) is 0 Å². The third-order valence-electron chi connectivity index (χ3n) is 6.53. The number of rotatable bonds is 6. The molecule has 5 rings (SSSR count). The van der Waals surface area contributed by atoms with Crippen molar-refractivity contribution in [2.45, 2.75) is 13.8 Å². The summed E-state index contributed by atoms with van der Waals surface area (Å²) < 4.78 is 4.87. The van der Waals surface area contributed by atoms with E-state index in [-0.39, 0.29) is 28.3 Å². The molecule has 200 valence electrons. The topological polar surface area (TPSA) is 129 Å². The third kappa shape index (κ3) is 4.76. The maximum atomic E-state index is 13.8. The molecular formula is C31H25N3O6. The molecule has 9 heteroatoms. The normalized spacial score (nSPS) is 13.3. The number of ether oxygens (including phenoxy) is 1. The fourth-order valence-corrected chi connectivity index (χ4v) is 4.74. The number of fused-ring (bicyclic) bond motifs is 1. The number of carbonyl (C=O) groups excluding carboxylic acids is 2. The molecule has 4 aromatic rings. The molecule has 0 atom stereocenters. The van der Waals surface area contributed by atoms with E-state index in [1.807, 2.05) is 32.0 Å². The number of aryl methyl sites for hydroxylation is 2. The Kier molecular flexibility index (Phi) is 6.79. The van der Waals surface area contributed by atoms with Crippen LogP contribution in [0.2, 0.25) is 0 Å². The van der Waals surface area contributed by atoms with Crippen molar-refractivity contribution in [2.75, 3.05) is 17.4 Å². The number of hydrogen-bond donors (Lipinski definition) is 3. The smallest absolute Gasteiger partial charge is 0.337 e. The van der Waals surface area contributed by atoms with E-state index in [1.165, 1.54) is 24.1 Å². The number of carboxylic acid groups (broad SMARTS) is 1. The van der Waals surface area contributed by atoms with Crippen molar-refractivity contribution in [1.29, 1.82) is 0 Å². The van der Waals surface area contributed by atoms with Crippen molar-refractivity contribution < 1.29 is 29.3 Å². The number of para-hydroxylation sites is 1. The number of phenolic OH excluding ortho intramolecular Hbond substituents is 1. The summed E-state index contributed by atoms with van der Waals surface area (Å²) in [6, 6.07) is 21.7. The first-order chi connectivity index (χ1) is 19.2. The van der Waals surface area contributed by atoms with Gasteiger partial charge in [-0.25, -0.2) is 9.59 Å². The molecule has 0 unspecified atom stereocenters. The molecule has 0 saturated carbocycles. The van der Waals surface area contributed by atoms with Crippen LogP contribution in [0.15, 0.2) is 84.0 Å². The van der Waals surface area contributed by atoms with E-state index in [0.717, 1.165) is 11.1 Å². The molecule has 0 radical (unpaired) electrons. The van der Waals surface area contributed by atoms with Crippen LogP contribution in [-0.4, -0.2) is 40.9 Å². The molecule has 0 bridgehead atoms. The second-order valence-electron chi connectivity index (χ2n) is 9.37. The molecule has 1 amide bonds. The molecule has 3 N–H and O–H groups in total. The highest BCUT2D eigenvalue weighted by Crippen LogP contribution is 2.39. The molecule has 1 aliphatic heterocycles. The number of benzene rings is 4. The van der Waals surface area contributed by atoms with Gasteiger partial charge in [0.25, 0.3) is 5.91 Å². The minimum Gasteiger partial charge on any atom is -0.505 e. The monoisotopic (exact) mass is 535 g/mol. The summed E-state index contributed by atoms with van der Waals surface area (Å²) in [5.41, 5.74) is 7.89. The van der Waals surface area contributed by atoms with Gasteiger partial charge in [-0.2, -0.15) is 5.10 Å². The van der Waals surface area contributed by atoms with Gasteiger partial charge in [0.15, 0.2) is 5.71 Å². The second-order valence-corrected chi connectivity index (χ2v) is 9.37. The molecule has 9 nitrogen and oxygen atoms in total.